The quantitative estimate of drug-likeness (QED) is 0.724. The van der Waals surface area contributed by atoms with Crippen LogP contribution in [-0.4, -0.2) is 6.54 Å². The largest absolute Gasteiger partial charge is 0.353 e. The zero-order valence-electron chi connectivity index (χ0n) is 12.5. The molecule has 106 valence electrons. The van der Waals surface area contributed by atoms with E-state index in [4.69, 9.17) is 0 Å². The number of hydrogen-bond donors (Lipinski definition) is 0. The Morgan fingerprint density at radius 2 is 1.81 bits per heavy atom. The topological polar surface area (TPSA) is 3.24 Å². The molecule has 1 nitrogen and oxygen atoms in total. The summed E-state index contributed by atoms with van der Waals surface area (Å²) in [4.78, 5) is 2.44. The first kappa shape index (κ1) is 13.8. The van der Waals surface area contributed by atoms with Gasteiger partial charge in [0.2, 0.25) is 0 Å². The molecule has 0 spiro atoms. The Balaban J connectivity index is 1.99. The highest BCUT2D eigenvalue weighted by atomic mass is 15.2. The third-order valence-corrected chi connectivity index (χ3v) is 3.99. The van der Waals surface area contributed by atoms with Crippen LogP contribution in [-0.2, 0) is 6.42 Å². The Kier molecular flexibility index (Phi) is 4.26. The number of unbranched alkanes of at least 4 members (excludes halogenated alkanes) is 1. The summed E-state index contributed by atoms with van der Waals surface area (Å²) in [6.45, 7) is 3.21. The molecule has 0 aliphatic carbocycles. The van der Waals surface area contributed by atoms with Gasteiger partial charge in [0.25, 0.3) is 0 Å². The third-order valence-electron chi connectivity index (χ3n) is 3.99. The van der Waals surface area contributed by atoms with Crippen LogP contribution in [0.4, 0.5) is 5.69 Å². The summed E-state index contributed by atoms with van der Waals surface area (Å²) in [7, 11) is 0. The minimum atomic E-state index is 0.184. The lowest BCUT2D eigenvalue weighted by Gasteiger charge is -2.36. The summed E-state index contributed by atoms with van der Waals surface area (Å²) in [6, 6.07) is 19.6. The molecule has 0 fully saturated rings. The van der Waals surface area contributed by atoms with Crippen molar-refractivity contribution < 1.29 is 0 Å². The second-order valence-corrected chi connectivity index (χ2v) is 5.45. The monoisotopic (exact) mass is 275 g/mol. The SMILES string of the molecule is CCCC#CC1c2ccccc2CCN1c1ccccc1. The molecule has 2 aromatic carbocycles. The second kappa shape index (κ2) is 6.50. The van der Waals surface area contributed by atoms with Crippen molar-refractivity contribution in [2.24, 2.45) is 0 Å². The van der Waals surface area contributed by atoms with Crippen LogP contribution < -0.4 is 4.90 Å². The summed E-state index contributed by atoms with van der Waals surface area (Å²) in [5.74, 6) is 6.86. The Labute approximate surface area is 127 Å². The predicted molar refractivity (Wildman–Crippen MR) is 89.4 cm³/mol. The molecule has 1 heteroatoms. The molecule has 0 aromatic heterocycles. The van der Waals surface area contributed by atoms with Crippen LogP contribution in [0.5, 0.6) is 0 Å². The van der Waals surface area contributed by atoms with Crippen molar-refractivity contribution in [3.8, 4) is 11.8 Å². The Hall–Kier alpha value is -2.20. The lowest BCUT2D eigenvalue weighted by molar-refractivity contribution is 0.681. The van der Waals surface area contributed by atoms with E-state index in [9.17, 15) is 0 Å². The van der Waals surface area contributed by atoms with Gasteiger partial charge in [0.05, 0.1) is 0 Å². The van der Waals surface area contributed by atoms with Crippen molar-refractivity contribution in [1.82, 2.24) is 0 Å². The molecular formula is C20H21N. The van der Waals surface area contributed by atoms with Crippen molar-refractivity contribution in [2.45, 2.75) is 32.2 Å². The van der Waals surface area contributed by atoms with Crippen molar-refractivity contribution in [1.29, 1.82) is 0 Å². The van der Waals surface area contributed by atoms with Crippen molar-refractivity contribution in [3.63, 3.8) is 0 Å². The van der Waals surface area contributed by atoms with E-state index in [1.807, 2.05) is 0 Å². The first-order valence-corrected chi connectivity index (χ1v) is 7.78. The fourth-order valence-corrected chi connectivity index (χ4v) is 2.91. The summed E-state index contributed by atoms with van der Waals surface area (Å²) in [5.41, 5.74) is 4.08. The third kappa shape index (κ3) is 2.95. The average Bonchev–Trinajstić information content (AvgIpc) is 2.56. The average molecular weight is 275 g/mol. The first-order chi connectivity index (χ1) is 10.4. The summed E-state index contributed by atoms with van der Waals surface area (Å²) in [5, 5.41) is 0. The van der Waals surface area contributed by atoms with Gasteiger partial charge in [0, 0.05) is 18.7 Å². The fraction of sp³-hybridized carbons (Fsp3) is 0.300. The minimum absolute atomic E-state index is 0.184. The van der Waals surface area contributed by atoms with Gasteiger partial charge in [0.15, 0.2) is 0 Å². The van der Waals surface area contributed by atoms with Gasteiger partial charge >= 0.3 is 0 Å². The molecule has 1 atom stereocenters. The number of nitrogens with zero attached hydrogens (tertiary/aromatic N) is 1. The van der Waals surface area contributed by atoms with Crippen LogP contribution in [0.2, 0.25) is 0 Å². The standard InChI is InChI=1S/C20H21N/c1-2-3-5-14-20-19-13-9-8-10-17(19)15-16-21(20)18-11-6-4-7-12-18/h4,6-13,20H,2-3,15-16H2,1H3. The normalized spacial score (nSPS) is 16.8. The Morgan fingerprint density at radius 3 is 2.62 bits per heavy atom. The molecule has 0 saturated heterocycles. The van der Waals surface area contributed by atoms with E-state index in [1.54, 1.807) is 0 Å². The van der Waals surface area contributed by atoms with Crippen LogP contribution in [0.1, 0.15) is 36.9 Å². The van der Waals surface area contributed by atoms with Gasteiger partial charge in [-0.15, -0.1) is 5.92 Å². The van der Waals surface area contributed by atoms with Crippen molar-refractivity contribution in [3.05, 3.63) is 65.7 Å². The predicted octanol–water partition coefficient (Wildman–Crippen LogP) is 4.59. The van der Waals surface area contributed by atoms with Crippen LogP contribution >= 0.6 is 0 Å². The van der Waals surface area contributed by atoms with Gasteiger partial charge in [-0.1, -0.05) is 55.3 Å². The highest BCUT2D eigenvalue weighted by Gasteiger charge is 2.25. The molecule has 21 heavy (non-hydrogen) atoms. The molecule has 1 unspecified atom stereocenters. The first-order valence-electron chi connectivity index (χ1n) is 7.78. The van der Waals surface area contributed by atoms with Gasteiger partial charge < -0.3 is 4.90 Å². The number of benzene rings is 2. The molecule has 0 N–H and O–H groups in total. The summed E-state index contributed by atoms with van der Waals surface area (Å²) >= 11 is 0. The Bertz CT molecular complexity index is 648. The van der Waals surface area contributed by atoms with Crippen molar-refractivity contribution in [2.75, 3.05) is 11.4 Å². The van der Waals surface area contributed by atoms with E-state index in [0.717, 1.165) is 25.8 Å². The van der Waals surface area contributed by atoms with E-state index in [1.165, 1.54) is 16.8 Å². The van der Waals surface area contributed by atoms with Gasteiger partial charge in [-0.2, -0.15) is 0 Å². The van der Waals surface area contributed by atoms with Gasteiger partial charge in [-0.05, 0) is 36.1 Å². The van der Waals surface area contributed by atoms with Gasteiger partial charge in [0.1, 0.15) is 6.04 Å². The van der Waals surface area contributed by atoms with E-state index in [0.29, 0.717) is 0 Å². The molecule has 0 saturated carbocycles. The number of fused-ring (bicyclic) bond motifs is 1. The summed E-state index contributed by atoms with van der Waals surface area (Å²) in [6.07, 6.45) is 3.19. The fourth-order valence-electron chi connectivity index (χ4n) is 2.91. The van der Waals surface area contributed by atoms with Gasteiger partial charge in [-0.3, -0.25) is 0 Å². The molecule has 0 bridgehead atoms. The van der Waals surface area contributed by atoms with Gasteiger partial charge in [-0.25, -0.2) is 0 Å². The Morgan fingerprint density at radius 1 is 1.05 bits per heavy atom. The van der Waals surface area contributed by atoms with Crippen LogP contribution in [0, 0.1) is 11.8 Å². The maximum absolute atomic E-state index is 3.50. The number of rotatable bonds is 2. The highest BCUT2D eigenvalue weighted by Crippen LogP contribution is 2.33. The minimum Gasteiger partial charge on any atom is -0.353 e. The van der Waals surface area contributed by atoms with E-state index in [2.05, 4.69) is 78.3 Å². The zero-order valence-corrected chi connectivity index (χ0v) is 12.5. The van der Waals surface area contributed by atoms with Crippen LogP contribution in [0.3, 0.4) is 0 Å². The molecule has 1 heterocycles. The van der Waals surface area contributed by atoms with Crippen molar-refractivity contribution >= 4 is 5.69 Å². The molecule has 1 aliphatic rings. The molecule has 2 aromatic rings. The highest BCUT2D eigenvalue weighted by molar-refractivity contribution is 5.55. The van der Waals surface area contributed by atoms with Crippen LogP contribution in [0.25, 0.3) is 0 Å². The molecular weight excluding hydrogens is 254 g/mol. The maximum Gasteiger partial charge on any atom is 0.116 e. The lowest BCUT2D eigenvalue weighted by Crippen LogP contribution is -2.34. The lowest BCUT2D eigenvalue weighted by atomic mass is 9.92. The number of para-hydroxylation sites is 1. The van der Waals surface area contributed by atoms with Crippen LogP contribution in [0.15, 0.2) is 54.6 Å². The number of anilines is 1. The molecule has 0 radical (unpaired) electrons. The zero-order chi connectivity index (χ0) is 14.5. The molecule has 3 rings (SSSR count). The van der Waals surface area contributed by atoms with E-state index < -0.39 is 0 Å². The smallest absolute Gasteiger partial charge is 0.116 e. The van der Waals surface area contributed by atoms with E-state index in [-0.39, 0.29) is 6.04 Å². The maximum atomic E-state index is 3.50. The number of hydrogen-bond acceptors (Lipinski definition) is 1. The molecule has 0 amide bonds. The summed E-state index contributed by atoms with van der Waals surface area (Å²) < 4.78 is 0. The van der Waals surface area contributed by atoms with E-state index >= 15 is 0 Å². The molecule has 1 aliphatic heterocycles. The second-order valence-electron chi connectivity index (χ2n) is 5.45.